The first kappa shape index (κ1) is 21.4. The molecule has 2 aromatic carbocycles. The molecule has 0 unspecified atom stereocenters. The molecule has 0 saturated carbocycles. The number of Topliss-reactive ketones (excluding diaryl/α,β-unsaturated/α-hetero) is 1. The number of amides is 1. The Kier molecular flexibility index (Phi) is 7.06. The molecule has 1 fully saturated rings. The maximum absolute atomic E-state index is 12.3. The molecule has 158 valence electrons. The van der Waals surface area contributed by atoms with Crippen molar-refractivity contribution in [1.29, 1.82) is 0 Å². The molecule has 1 aliphatic rings. The van der Waals surface area contributed by atoms with Gasteiger partial charge in [-0.1, -0.05) is 12.1 Å². The number of aryl methyl sites for hydroxylation is 1. The molecule has 0 atom stereocenters. The lowest BCUT2D eigenvalue weighted by Gasteiger charge is -2.15. The van der Waals surface area contributed by atoms with Crippen molar-refractivity contribution in [1.82, 2.24) is 0 Å². The third kappa shape index (κ3) is 4.97. The summed E-state index contributed by atoms with van der Waals surface area (Å²) in [7, 11) is 3.10. The van der Waals surface area contributed by atoms with E-state index in [9.17, 15) is 14.4 Å². The van der Waals surface area contributed by atoms with Gasteiger partial charge in [0.15, 0.2) is 23.9 Å². The van der Waals surface area contributed by atoms with E-state index in [1.807, 2.05) is 12.1 Å². The van der Waals surface area contributed by atoms with Crippen LogP contribution in [0.2, 0.25) is 0 Å². The largest absolute Gasteiger partial charge is 0.493 e. The number of anilines is 1. The molecule has 0 aromatic heterocycles. The molecule has 30 heavy (non-hydrogen) atoms. The number of hydrogen-bond acceptors (Lipinski definition) is 6. The molecule has 1 heterocycles. The number of carbonyl (C=O) groups is 3. The molecular formula is C23H25NO6. The van der Waals surface area contributed by atoms with Gasteiger partial charge in [0.2, 0.25) is 5.91 Å². The second kappa shape index (κ2) is 9.91. The number of ketones is 1. The highest BCUT2D eigenvalue weighted by Gasteiger charge is 2.22. The minimum atomic E-state index is -0.465. The van der Waals surface area contributed by atoms with Gasteiger partial charge in [-0.2, -0.15) is 0 Å². The first-order valence-electron chi connectivity index (χ1n) is 9.82. The Morgan fingerprint density at radius 2 is 1.80 bits per heavy atom. The van der Waals surface area contributed by atoms with Gasteiger partial charge in [0, 0.05) is 30.6 Å². The summed E-state index contributed by atoms with van der Waals surface area (Å²) in [6.07, 6.45) is 1.92. The second-order valence-corrected chi connectivity index (χ2v) is 6.93. The summed E-state index contributed by atoms with van der Waals surface area (Å²) in [4.78, 5) is 37.9. The van der Waals surface area contributed by atoms with Gasteiger partial charge in [-0.05, 0) is 48.7 Å². The lowest BCUT2D eigenvalue weighted by Crippen LogP contribution is -2.23. The molecule has 0 bridgehead atoms. The van der Waals surface area contributed by atoms with Crippen molar-refractivity contribution in [2.24, 2.45) is 0 Å². The fourth-order valence-corrected chi connectivity index (χ4v) is 3.44. The van der Waals surface area contributed by atoms with Gasteiger partial charge < -0.3 is 19.1 Å². The van der Waals surface area contributed by atoms with E-state index in [2.05, 4.69) is 0 Å². The highest BCUT2D eigenvalue weighted by Crippen LogP contribution is 2.31. The summed E-state index contributed by atoms with van der Waals surface area (Å²) in [6, 6.07) is 12.2. The Labute approximate surface area is 175 Å². The third-order valence-electron chi connectivity index (χ3n) is 5.02. The zero-order valence-corrected chi connectivity index (χ0v) is 17.2. The van der Waals surface area contributed by atoms with Crippen LogP contribution in [0.3, 0.4) is 0 Å². The first-order valence-corrected chi connectivity index (χ1v) is 9.82. The number of benzene rings is 2. The number of rotatable bonds is 9. The summed E-state index contributed by atoms with van der Waals surface area (Å²) in [5.74, 6) is 0.517. The van der Waals surface area contributed by atoms with Crippen molar-refractivity contribution in [2.75, 3.05) is 32.3 Å². The van der Waals surface area contributed by atoms with E-state index in [0.717, 1.165) is 17.7 Å². The minimum absolute atomic E-state index is 0.0932. The number of para-hydroxylation sites is 1. The van der Waals surface area contributed by atoms with Gasteiger partial charge in [0.1, 0.15) is 0 Å². The highest BCUT2D eigenvalue weighted by molar-refractivity contribution is 5.99. The van der Waals surface area contributed by atoms with E-state index in [-0.39, 0.29) is 24.7 Å². The van der Waals surface area contributed by atoms with Gasteiger partial charge in [-0.25, -0.2) is 0 Å². The van der Waals surface area contributed by atoms with Gasteiger partial charge in [-0.15, -0.1) is 0 Å². The molecule has 2 aromatic rings. The van der Waals surface area contributed by atoms with Crippen molar-refractivity contribution in [2.45, 2.75) is 25.7 Å². The van der Waals surface area contributed by atoms with E-state index < -0.39 is 5.97 Å². The molecular weight excluding hydrogens is 386 g/mol. The van der Waals surface area contributed by atoms with Crippen LogP contribution in [-0.4, -0.2) is 45.0 Å². The summed E-state index contributed by atoms with van der Waals surface area (Å²) >= 11 is 0. The Hall–Kier alpha value is -3.35. The highest BCUT2D eigenvalue weighted by atomic mass is 16.5. The quantitative estimate of drug-likeness (QED) is 0.466. The van der Waals surface area contributed by atoms with Crippen LogP contribution in [0.1, 0.15) is 35.2 Å². The number of methoxy groups -OCH3 is 2. The van der Waals surface area contributed by atoms with Crippen LogP contribution in [0.15, 0.2) is 42.5 Å². The normalized spacial score (nSPS) is 13.3. The molecule has 1 aliphatic heterocycles. The van der Waals surface area contributed by atoms with Crippen LogP contribution < -0.4 is 14.4 Å². The lowest BCUT2D eigenvalue weighted by molar-refractivity contribution is -0.142. The number of hydrogen-bond donors (Lipinski definition) is 0. The Bertz CT molecular complexity index is 922. The lowest BCUT2D eigenvalue weighted by atomic mass is 10.1. The van der Waals surface area contributed by atoms with Gasteiger partial charge in [0.25, 0.3) is 0 Å². The van der Waals surface area contributed by atoms with E-state index in [0.29, 0.717) is 36.4 Å². The van der Waals surface area contributed by atoms with Gasteiger partial charge in [0.05, 0.1) is 14.2 Å². The molecule has 0 radical (unpaired) electrons. The smallest absolute Gasteiger partial charge is 0.306 e. The van der Waals surface area contributed by atoms with Crippen LogP contribution in [0.4, 0.5) is 5.69 Å². The maximum atomic E-state index is 12.3. The first-order chi connectivity index (χ1) is 14.5. The Morgan fingerprint density at radius 3 is 2.43 bits per heavy atom. The molecule has 0 aliphatic carbocycles. The Balaban J connectivity index is 1.50. The van der Waals surface area contributed by atoms with Crippen molar-refractivity contribution >= 4 is 23.3 Å². The molecule has 7 nitrogen and oxygen atoms in total. The molecule has 0 spiro atoms. The summed E-state index contributed by atoms with van der Waals surface area (Å²) in [5, 5.41) is 0. The Morgan fingerprint density at radius 1 is 1.03 bits per heavy atom. The van der Waals surface area contributed by atoms with E-state index in [4.69, 9.17) is 14.2 Å². The summed E-state index contributed by atoms with van der Waals surface area (Å²) in [6.45, 7) is 0.373. The molecule has 1 saturated heterocycles. The molecule has 1 amide bonds. The van der Waals surface area contributed by atoms with Gasteiger partial charge >= 0.3 is 5.97 Å². The van der Waals surface area contributed by atoms with E-state index >= 15 is 0 Å². The standard InChI is InChI=1S/C23H25NO6/c1-28-20-6-3-5-17(23(20)29-2)10-13-22(27)30-15-19(25)16-8-11-18(12-9-16)24-14-4-7-21(24)26/h3,5-6,8-9,11-12H,4,7,10,13-15H2,1-2H3. The third-order valence-corrected chi connectivity index (χ3v) is 5.02. The topological polar surface area (TPSA) is 82.1 Å². The number of esters is 1. The van der Waals surface area contributed by atoms with Crippen LogP contribution in [0.5, 0.6) is 11.5 Å². The molecule has 3 rings (SSSR count). The average Bonchev–Trinajstić information content (AvgIpc) is 3.21. The average molecular weight is 411 g/mol. The van der Waals surface area contributed by atoms with E-state index in [1.54, 1.807) is 49.5 Å². The maximum Gasteiger partial charge on any atom is 0.306 e. The monoisotopic (exact) mass is 411 g/mol. The van der Waals surface area contributed by atoms with Crippen molar-refractivity contribution < 1.29 is 28.6 Å². The molecule has 7 heteroatoms. The zero-order valence-electron chi connectivity index (χ0n) is 17.2. The second-order valence-electron chi connectivity index (χ2n) is 6.93. The predicted octanol–water partition coefficient (Wildman–Crippen LogP) is 3.19. The fraction of sp³-hybridized carbons (Fsp3) is 0.348. The van der Waals surface area contributed by atoms with Crippen LogP contribution in [-0.2, 0) is 20.7 Å². The van der Waals surface area contributed by atoms with Crippen LogP contribution in [0, 0.1) is 0 Å². The fourth-order valence-electron chi connectivity index (χ4n) is 3.44. The minimum Gasteiger partial charge on any atom is -0.493 e. The van der Waals surface area contributed by atoms with Gasteiger partial charge in [-0.3, -0.25) is 14.4 Å². The number of nitrogens with zero attached hydrogens (tertiary/aromatic N) is 1. The summed E-state index contributed by atoms with van der Waals surface area (Å²) in [5.41, 5.74) is 2.04. The SMILES string of the molecule is COc1cccc(CCC(=O)OCC(=O)c2ccc(N3CCCC3=O)cc2)c1OC. The number of ether oxygens (including phenoxy) is 3. The van der Waals surface area contributed by atoms with Crippen LogP contribution >= 0.6 is 0 Å². The number of carbonyl (C=O) groups excluding carboxylic acids is 3. The van der Waals surface area contributed by atoms with Crippen LogP contribution in [0.25, 0.3) is 0 Å². The van der Waals surface area contributed by atoms with E-state index in [1.165, 1.54) is 0 Å². The zero-order chi connectivity index (χ0) is 21.5. The molecule has 0 N–H and O–H groups in total. The predicted molar refractivity (Wildman–Crippen MR) is 111 cm³/mol. The van der Waals surface area contributed by atoms with Crippen molar-refractivity contribution in [3.8, 4) is 11.5 Å². The van der Waals surface area contributed by atoms with Crippen molar-refractivity contribution in [3.63, 3.8) is 0 Å². The van der Waals surface area contributed by atoms with Crippen molar-refractivity contribution in [3.05, 3.63) is 53.6 Å². The summed E-state index contributed by atoms with van der Waals surface area (Å²) < 4.78 is 15.7.